The number of hydrogen-bond acceptors (Lipinski definition) is 5. The van der Waals surface area contributed by atoms with E-state index in [-0.39, 0.29) is 22.8 Å². The molecule has 23 heavy (non-hydrogen) atoms. The molecule has 9 heteroatoms. The van der Waals surface area contributed by atoms with E-state index in [1.54, 1.807) is 13.0 Å². The lowest BCUT2D eigenvalue weighted by Gasteiger charge is -2.20. The number of carbonyl (C=O) groups excluding carboxylic acids is 1. The summed E-state index contributed by atoms with van der Waals surface area (Å²) in [5.41, 5.74) is 0.626. The third-order valence-corrected chi connectivity index (χ3v) is 7.90. The van der Waals surface area contributed by atoms with Crippen LogP contribution in [-0.4, -0.2) is 45.9 Å². The average Bonchev–Trinajstić information content (AvgIpc) is 3.09. The highest BCUT2D eigenvalue weighted by molar-refractivity contribution is 7.94. The predicted molar refractivity (Wildman–Crippen MR) is 85.1 cm³/mol. The summed E-state index contributed by atoms with van der Waals surface area (Å²) >= 11 is 0. The van der Waals surface area contributed by atoms with E-state index in [1.165, 1.54) is 16.4 Å². The van der Waals surface area contributed by atoms with Crippen molar-refractivity contribution in [3.63, 3.8) is 0 Å². The third-order valence-electron chi connectivity index (χ3n) is 4.17. The van der Waals surface area contributed by atoms with Gasteiger partial charge in [-0.2, -0.15) is 4.31 Å². The Morgan fingerprint density at radius 1 is 1.13 bits per heavy atom. The molecular formula is C14H18N2O5S2. The Kier molecular flexibility index (Phi) is 3.97. The van der Waals surface area contributed by atoms with Gasteiger partial charge in [0.05, 0.1) is 16.3 Å². The molecule has 0 atom stereocenters. The van der Waals surface area contributed by atoms with Crippen LogP contribution in [0.15, 0.2) is 23.1 Å². The molecule has 0 aromatic heterocycles. The van der Waals surface area contributed by atoms with E-state index in [0.29, 0.717) is 18.7 Å². The normalized spacial score (nSPS) is 22.0. The van der Waals surface area contributed by atoms with Gasteiger partial charge in [-0.1, -0.05) is 6.07 Å². The van der Waals surface area contributed by atoms with Crippen molar-refractivity contribution < 1.29 is 21.6 Å². The molecule has 0 saturated carbocycles. The minimum Gasteiger partial charge on any atom is -0.273 e. The number of rotatable bonds is 3. The van der Waals surface area contributed by atoms with Gasteiger partial charge in [-0.05, 0) is 37.5 Å². The largest absolute Gasteiger partial charge is 0.273 e. The Morgan fingerprint density at radius 3 is 2.35 bits per heavy atom. The van der Waals surface area contributed by atoms with Crippen molar-refractivity contribution in [2.45, 2.75) is 31.1 Å². The smallest absolute Gasteiger partial charge is 0.243 e. The Bertz CT molecular complexity index is 855. The van der Waals surface area contributed by atoms with Crippen molar-refractivity contribution in [2.24, 2.45) is 0 Å². The highest BCUT2D eigenvalue weighted by Crippen LogP contribution is 2.31. The van der Waals surface area contributed by atoms with E-state index < -0.39 is 26.0 Å². The van der Waals surface area contributed by atoms with Crippen molar-refractivity contribution in [1.82, 2.24) is 4.31 Å². The molecule has 2 saturated heterocycles. The Labute approximate surface area is 136 Å². The van der Waals surface area contributed by atoms with Crippen molar-refractivity contribution in [1.29, 1.82) is 0 Å². The molecule has 1 aromatic rings. The van der Waals surface area contributed by atoms with Gasteiger partial charge in [-0.3, -0.25) is 4.79 Å². The number of amides is 1. The van der Waals surface area contributed by atoms with E-state index in [4.69, 9.17) is 0 Å². The van der Waals surface area contributed by atoms with Gasteiger partial charge in [0, 0.05) is 19.5 Å². The number of anilines is 1. The second-order valence-corrected chi connectivity index (χ2v) is 9.63. The standard InChI is InChI=1S/C14H18N2O5S2/c1-11-4-5-12(16-14(17)6-9-22(16,18)19)10-13(11)23(20,21)15-7-2-3-8-15/h4-5,10H,2-3,6-9H2,1H3. The van der Waals surface area contributed by atoms with Crippen LogP contribution in [0, 0.1) is 6.92 Å². The summed E-state index contributed by atoms with van der Waals surface area (Å²) in [4.78, 5) is 11.9. The molecule has 2 aliphatic heterocycles. The van der Waals surface area contributed by atoms with Crippen LogP contribution >= 0.6 is 0 Å². The Hall–Kier alpha value is -1.45. The maximum Gasteiger partial charge on any atom is 0.243 e. The van der Waals surface area contributed by atoms with Crippen molar-refractivity contribution in [2.75, 3.05) is 23.1 Å². The maximum atomic E-state index is 12.7. The molecule has 0 aliphatic carbocycles. The van der Waals surface area contributed by atoms with Crippen LogP contribution < -0.4 is 4.31 Å². The fourth-order valence-electron chi connectivity index (χ4n) is 2.93. The second-order valence-electron chi connectivity index (χ2n) is 5.79. The fourth-order valence-corrected chi connectivity index (χ4v) is 6.14. The third kappa shape index (κ3) is 2.77. The van der Waals surface area contributed by atoms with E-state index in [1.807, 2.05) is 0 Å². The summed E-state index contributed by atoms with van der Waals surface area (Å²) in [6.45, 7) is 2.59. The first-order chi connectivity index (χ1) is 10.7. The SMILES string of the molecule is Cc1ccc(N2C(=O)CCS2(=O)=O)cc1S(=O)(=O)N1CCCC1. The summed E-state index contributed by atoms with van der Waals surface area (Å²) in [6, 6.07) is 4.31. The molecule has 126 valence electrons. The number of carbonyl (C=O) groups is 1. The molecule has 2 aliphatic rings. The molecule has 0 radical (unpaired) electrons. The van der Waals surface area contributed by atoms with Gasteiger partial charge in [0.1, 0.15) is 0 Å². The maximum absolute atomic E-state index is 12.7. The van der Waals surface area contributed by atoms with Crippen LogP contribution in [0.3, 0.4) is 0 Å². The summed E-state index contributed by atoms with van der Waals surface area (Å²) in [5, 5.41) is 0. The van der Waals surface area contributed by atoms with E-state index in [0.717, 1.165) is 17.1 Å². The lowest BCUT2D eigenvalue weighted by atomic mass is 10.2. The zero-order valence-electron chi connectivity index (χ0n) is 12.7. The van der Waals surface area contributed by atoms with Gasteiger partial charge in [0.15, 0.2) is 0 Å². The minimum atomic E-state index is -3.71. The Balaban J connectivity index is 2.08. The van der Waals surface area contributed by atoms with Crippen LogP contribution in [0.1, 0.15) is 24.8 Å². The summed E-state index contributed by atoms with van der Waals surface area (Å²) in [7, 11) is -7.38. The first kappa shape index (κ1) is 16.4. The van der Waals surface area contributed by atoms with Crippen LogP contribution in [0.2, 0.25) is 0 Å². The highest BCUT2D eigenvalue weighted by atomic mass is 32.2. The molecule has 1 aromatic carbocycles. The lowest BCUT2D eigenvalue weighted by Crippen LogP contribution is -2.31. The Morgan fingerprint density at radius 2 is 1.78 bits per heavy atom. The quantitative estimate of drug-likeness (QED) is 0.799. The summed E-state index contributed by atoms with van der Waals surface area (Å²) in [6.07, 6.45) is 1.55. The van der Waals surface area contributed by atoms with Gasteiger partial charge >= 0.3 is 0 Å². The van der Waals surface area contributed by atoms with E-state index >= 15 is 0 Å². The number of sulfonamides is 2. The fraction of sp³-hybridized carbons (Fsp3) is 0.500. The van der Waals surface area contributed by atoms with Gasteiger partial charge < -0.3 is 0 Å². The second kappa shape index (κ2) is 5.57. The van der Waals surface area contributed by atoms with Crippen molar-refractivity contribution in [3.05, 3.63) is 23.8 Å². The van der Waals surface area contributed by atoms with E-state index in [2.05, 4.69) is 0 Å². The van der Waals surface area contributed by atoms with E-state index in [9.17, 15) is 21.6 Å². The van der Waals surface area contributed by atoms with Crippen molar-refractivity contribution >= 4 is 31.6 Å². The zero-order valence-corrected chi connectivity index (χ0v) is 14.4. The minimum absolute atomic E-state index is 0.0619. The predicted octanol–water partition coefficient (Wildman–Crippen LogP) is 0.846. The van der Waals surface area contributed by atoms with Gasteiger partial charge in [0.25, 0.3) is 0 Å². The van der Waals surface area contributed by atoms with Crippen LogP contribution in [0.4, 0.5) is 5.69 Å². The van der Waals surface area contributed by atoms with Crippen molar-refractivity contribution in [3.8, 4) is 0 Å². The summed E-state index contributed by atoms with van der Waals surface area (Å²) in [5.74, 6) is -0.771. The highest BCUT2D eigenvalue weighted by Gasteiger charge is 2.37. The molecule has 0 N–H and O–H groups in total. The summed E-state index contributed by atoms with van der Waals surface area (Å²) < 4.78 is 51.6. The topological polar surface area (TPSA) is 91.8 Å². The van der Waals surface area contributed by atoms with Crippen LogP contribution in [0.25, 0.3) is 0 Å². The van der Waals surface area contributed by atoms with Crippen LogP contribution in [-0.2, 0) is 24.8 Å². The average molecular weight is 358 g/mol. The lowest BCUT2D eigenvalue weighted by molar-refractivity contribution is -0.116. The molecule has 0 bridgehead atoms. The molecular weight excluding hydrogens is 340 g/mol. The number of hydrogen-bond donors (Lipinski definition) is 0. The van der Waals surface area contributed by atoms with Crippen LogP contribution in [0.5, 0.6) is 0 Å². The molecule has 2 heterocycles. The first-order valence-corrected chi connectivity index (χ1v) is 10.4. The monoisotopic (exact) mass is 358 g/mol. The molecule has 2 fully saturated rings. The van der Waals surface area contributed by atoms with Gasteiger partial charge in [-0.15, -0.1) is 0 Å². The molecule has 7 nitrogen and oxygen atoms in total. The first-order valence-electron chi connectivity index (χ1n) is 7.40. The molecule has 0 unspecified atom stereocenters. The zero-order chi connectivity index (χ0) is 16.8. The molecule has 3 rings (SSSR count). The molecule has 1 amide bonds. The number of nitrogens with zero attached hydrogens (tertiary/aromatic N) is 2. The van der Waals surface area contributed by atoms with Gasteiger partial charge in [0.2, 0.25) is 26.0 Å². The molecule has 0 spiro atoms. The van der Waals surface area contributed by atoms with Gasteiger partial charge in [-0.25, -0.2) is 21.1 Å². The number of benzene rings is 1. The number of aryl methyl sites for hydroxylation is 1.